The molecule has 0 amide bonds. The minimum Gasteiger partial charge on any atom is -0.463 e. The molecule has 0 bridgehead atoms. The number of anilines is 1. The van der Waals surface area contributed by atoms with Crippen molar-refractivity contribution >= 4 is 5.69 Å². The van der Waals surface area contributed by atoms with Gasteiger partial charge in [0.25, 0.3) is 0 Å². The van der Waals surface area contributed by atoms with E-state index in [2.05, 4.69) is 60.6 Å². The van der Waals surface area contributed by atoms with Gasteiger partial charge in [-0.2, -0.15) is 0 Å². The van der Waals surface area contributed by atoms with Crippen molar-refractivity contribution in [2.24, 2.45) is 0 Å². The van der Waals surface area contributed by atoms with Gasteiger partial charge in [-0.1, -0.05) is 19.1 Å². The molecular formula is C18H24N2O. The Morgan fingerprint density at radius 2 is 1.81 bits per heavy atom. The minimum atomic E-state index is 0.721. The van der Waals surface area contributed by atoms with Crippen LogP contribution in [0, 0.1) is 0 Å². The van der Waals surface area contributed by atoms with E-state index in [0.717, 1.165) is 37.1 Å². The summed E-state index contributed by atoms with van der Waals surface area (Å²) in [7, 11) is 2.10. The van der Waals surface area contributed by atoms with E-state index >= 15 is 0 Å². The van der Waals surface area contributed by atoms with Gasteiger partial charge in [-0.25, -0.2) is 0 Å². The van der Waals surface area contributed by atoms with Gasteiger partial charge in [0.05, 0.1) is 13.1 Å². The van der Waals surface area contributed by atoms with Gasteiger partial charge in [0, 0.05) is 18.8 Å². The van der Waals surface area contributed by atoms with Gasteiger partial charge < -0.3 is 14.6 Å². The lowest BCUT2D eigenvalue weighted by Gasteiger charge is -2.18. The number of hydrogen-bond donors (Lipinski definition) is 1. The summed E-state index contributed by atoms with van der Waals surface area (Å²) in [5, 5.41) is 3.48. The number of furan rings is 1. The zero-order valence-corrected chi connectivity index (χ0v) is 12.9. The fourth-order valence-corrected chi connectivity index (χ4v) is 2.45. The van der Waals surface area contributed by atoms with Gasteiger partial charge in [-0.3, -0.25) is 0 Å². The third kappa shape index (κ3) is 3.88. The molecule has 0 saturated heterocycles. The molecule has 0 radical (unpaired) electrons. The molecule has 3 heteroatoms. The van der Waals surface area contributed by atoms with E-state index in [9.17, 15) is 0 Å². The monoisotopic (exact) mass is 284 g/mol. The van der Waals surface area contributed by atoms with E-state index in [4.69, 9.17) is 4.42 Å². The van der Waals surface area contributed by atoms with E-state index in [1.165, 1.54) is 24.1 Å². The van der Waals surface area contributed by atoms with Crippen LogP contribution < -0.4 is 10.2 Å². The molecule has 1 heterocycles. The molecule has 1 aliphatic rings. The predicted molar refractivity (Wildman–Crippen MR) is 86.5 cm³/mol. The van der Waals surface area contributed by atoms with Crippen LogP contribution in [-0.4, -0.2) is 13.1 Å². The van der Waals surface area contributed by atoms with Crippen LogP contribution in [0.25, 0.3) is 0 Å². The highest BCUT2D eigenvalue weighted by Crippen LogP contribution is 2.21. The van der Waals surface area contributed by atoms with Crippen molar-refractivity contribution in [3.8, 4) is 0 Å². The summed E-state index contributed by atoms with van der Waals surface area (Å²) < 4.78 is 5.89. The van der Waals surface area contributed by atoms with Crippen molar-refractivity contribution in [1.82, 2.24) is 5.32 Å². The fraction of sp³-hybridized carbons (Fsp3) is 0.444. The van der Waals surface area contributed by atoms with Crippen LogP contribution in [0.5, 0.6) is 0 Å². The molecular weight excluding hydrogens is 260 g/mol. The molecule has 2 aromatic rings. The lowest BCUT2D eigenvalue weighted by Crippen LogP contribution is -2.16. The maximum Gasteiger partial charge on any atom is 0.123 e. The van der Waals surface area contributed by atoms with Crippen LogP contribution in [-0.2, 0) is 19.5 Å². The molecule has 0 atom stereocenters. The van der Waals surface area contributed by atoms with Crippen LogP contribution >= 0.6 is 0 Å². The third-order valence-corrected chi connectivity index (χ3v) is 4.04. The van der Waals surface area contributed by atoms with E-state index in [1.54, 1.807) is 0 Å². The Labute approximate surface area is 127 Å². The van der Waals surface area contributed by atoms with Crippen molar-refractivity contribution in [3.63, 3.8) is 0 Å². The minimum absolute atomic E-state index is 0.721. The van der Waals surface area contributed by atoms with Gasteiger partial charge in [-0.15, -0.1) is 0 Å². The second-order valence-corrected chi connectivity index (χ2v) is 5.90. The van der Waals surface area contributed by atoms with Crippen LogP contribution in [0.3, 0.4) is 0 Å². The smallest absolute Gasteiger partial charge is 0.123 e. The van der Waals surface area contributed by atoms with Crippen LogP contribution in [0.1, 0.15) is 36.8 Å². The first kappa shape index (κ1) is 14.2. The second kappa shape index (κ2) is 6.35. The Balaban J connectivity index is 1.56. The lowest BCUT2D eigenvalue weighted by molar-refractivity contribution is 0.445. The van der Waals surface area contributed by atoms with Gasteiger partial charge in [-0.05, 0) is 49.1 Å². The summed E-state index contributed by atoms with van der Waals surface area (Å²) in [6.45, 7) is 3.83. The van der Waals surface area contributed by atoms with Gasteiger partial charge in [0.2, 0.25) is 0 Å². The number of nitrogens with one attached hydrogen (secondary N) is 1. The molecule has 112 valence electrons. The SMILES string of the molecule is CCc1ccc(N(C)Cc2ccc(CNC3CC3)o2)cc1. The molecule has 1 saturated carbocycles. The highest BCUT2D eigenvalue weighted by Gasteiger charge is 2.20. The van der Waals surface area contributed by atoms with E-state index < -0.39 is 0 Å². The Kier molecular flexibility index (Phi) is 4.30. The molecule has 1 aromatic carbocycles. The normalized spacial score (nSPS) is 14.4. The van der Waals surface area contributed by atoms with Crippen LogP contribution in [0.2, 0.25) is 0 Å². The first-order valence-electron chi connectivity index (χ1n) is 7.85. The molecule has 0 aliphatic heterocycles. The number of rotatable bonds is 7. The summed E-state index contributed by atoms with van der Waals surface area (Å²) in [4.78, 5) is 2.22. The Bertz CT molecular complexity index is 569. The molecule has 21 heavy (non-hydrogen) atoms. The zero-order valence-electron chi connectivity index (χ0n) is 12.9. The Morgan fingerprint density at radius 1 is 1.10 bits per heavy atom. The second-order valence-electron chi connectivity index (χ2n) is 5.90. The number of benzene rings is 1. The third-order valence-electron chi connectivity index (χ3n) is 4.04. The van der Waals surface area contributed by atoms with Crippen molar-refractivity contribution in [2.75, 3.05) is 11.9 Å². The molecule has 0 unspecified atom stereocenters. The van der Waals surface area contributed by atoms with E-state index in [1.807, 2.05) is 0 Å². The first-order valence-corrected chi connectivity index (χ1v) is 7.85. The Hall–Kier alpha value is -1.74. The highest BCUT2D eigenvalue weighted by atomic mass is 16.3. The maximum atomic E-state index is 5.89. The lowest BCUT2D eigenvalue weighted by atomic mass is 10.1. The number of aryl methyl sites for hydroxylation is 1. The van der Waals surface area contributed by atoms with E-state index in [-0.39, 0.29) is 0 Å². The number of hydrogen-bond acceptors (Lipinski definition) is 3. The maximum absolute atomic E-state index is 5.89. The summed E-state index contributed by atoms with van der Waals surface area (Å²) in [6, 6.07) is 13.6. The van der Waals surface area contributed by atoms with Crippen LogP contribution in [0.4, 0.5) is 5.69 Å². The molecule has 1 N–H and O–H groups in total. The van der Waals surface area contributed by atoms with Gasteiger partial charge >= 0.3 is 0 Å². The van der Waals surface area contributed by atoms with Crippen LogP contribution in [0.15, 0.2) is 40.8 Å². The quantitative estimate of drug-likeness (QED) is 0.839. The molecule has 3 rings (SSSR count). The standard InChI is InChI=1S/C18H24N2O/c1-3-14-4-8-16(9-5-14)20(2)13-18-11-10-17(21-18)12-19-15-6-7-15/h4-5,8-11,15,19H,3,6-7,12-13H2,1-2H3. The highest BCUT2D eigenvalue weighted by molar-refractivity contribution is 5.47. The summed E-state index contributed by atoms with van der Waals surface area (Å²) in [6.07, 6.45) is 3.70. The first-order chi connectivity index (χ1) is 10.2. The average Bonchev–Trinajstić information content (AvgIpc) is 3.25. The fourth-order valence-electron chi connectivity index (χ4n) is 2.45. The summed E-state index contributed by atoms with van der Waals surface area (Å²) in [5.41, 5.74) is 2.60. The van der Waals surface area contributed by atoms with E-state index in [0.29, 0.717) is 0 Å². The summed E-state index contributed by atoms with van der Waals surface area (Å²) >= 11 is 0. The predicted octanol–water partition coefficient (Wildman–Crippen LogP) is 3.73. The molecule has 1 aromatic heterocycles. The Morgan fingerprint density at radius 3 is 2.48 bits per heavy atom. The zero-order chi connectivity index (χ0) is 14.7. The molecule has 0 spiro atoms. The van der Waals surface area contributed by atoms with Crippen molar-refractivity contribution in [1.29, 1.82) is 0 Å². The van der Waals surface area contributed by atoms with Crippen molar-refractivity contribution in [3.05, 3.63) is 53.5 Å². The molecule has 1 aliphatic carbocycles. The van der Waals surface area contributed by atoms with Crippen molar-refractivity contribution < 1.29 is 4.42 Å². The van der Waals surface area contributed by atoms with Gasteiger partial charge in [0.15, 0.2) is 0 Å². The average molecular weight is 284 g/mol. The largest absolute Gasteiger partial charge is 0.463 e. The topological polar surface area (TPSA) is 28.4 Å². The number of nitrogens with zero attached hydrogens (tertiary/aromatic N) is 1. The molecule has 3 nitrogen and oxygen atoms in total. The van der Waals surface area contributed by atoms with Gasteiger partial charge in [0.1, 0.15) is 11.5 Å². The van der Waals surface area contributed by atoms with Crippen molar-refractivity contribution in [2.45, 2.75) is 45.3 Å². The summed E-state index contributed by atoms with van der Waals surface area (Å²) in [5.74, 6) is 2.05. The molecule has 1 fully saturated rings.